The van der Waals surface area contributed by atoms with Gasteiger partial charge in [-0.05, 0) is 45.7 Å². The number of hydrogen-bond donors (Lipinski definition) is 0. The molecule has 0 unspecified atom stereocenters. The number of amides is 1. The molecule has 0 N–H and O–H groups in total. The summed E-state index contributed by atoms with van der Waals surface area (Å²) in [7, 11) is 0. The Bertz CT molecular complexity index is 1090. The largest absolute Gasteiger partial charge is 0.337 e. The van der Waals surface area contributed by atoms with E-state index in [1.54, 1.807) is 12.4 Å². The third kappa shape index (κ3) is 3.98. The van der Waals surface area contributed by atoms with Gasteiger partial charge in [0.25, 0.3) is 5.91 Å². The molecule has 0 saturated carbocycles. The smallest absolute Gasteiger partial charge is 0.254 e. The van der Waals surface area contributed by atoms with Crippen LogP contribution >= 0.6 is 0 Å². The van der Waals surface area contributed by atoms with Gasteiger partial charge in [-0.2, -0.15) is 5.10 Å². The molecule has 1 saturated heterocycles. The van der Waals surface area contributed by atoms with Crippen molar-refractivity contribution in [2.45, 2.75) is 53.0 Å². The molecule has 4 heterocycles. The first kappa shape index (κ1) is 21.2. The third-order valence-electron chi connectivity index (χ3n) is 5.69. The van der Waals surface area contributed by atoms with Gasteiger partial charge in [0.05, 0.1) is 22.2 Å². The van der Waals surface area contributed by atoms with E-state index in [-0.39, 0.29) is 17.4 Å². The number of carbonyl (C=O) groups excluding carboxylic acids is 1. The standard InChI is InChI=1S/C23H31N7O/c1-15(2)18-14-17(19-16(3)27-30(20(19)26-18)23(4,5)6)21(31)28-10-12-29(13-11-28)22-24-8-7-9-25-22/h7-9,14-15H,10-13H2,1-6H3. The lowest BCUT2D eigenvalue weighted by molar-refractivity contribution is 0.0748. The van der Waals surface area contributed by atoms with Crippen molar-refractivity contribution in [3.05, 3.63) is 41.5 Å². The van der Waals surface area contributed by atoms with Gasteiger partial charge < -0.3 is 9.80 Å². The molecule has 1 fully saturated rings. The first-order valence-electron chi connectivity index (χ1n) is 10.9. The molecule has 1 amide bonds. The lowest BCUT2D eigenvalue weighted by atomic mass is 10.0. The fraction of sp³-hybridized carbons (Fsp3) is 0.522. The van der Waals surface area contributed by atoms with Crippen molar-refractivity contribution < 1.29 is 4.79 Å². The number of anilines is 1. The maximum absolute atomic E-state index is 13.7. The van der Waals surface area contributed by atoms with Crippen LogP contribution in [0.2, 0.25) is 0 Å². The minimum absolute atomic E-state index is 0.0412. The van der Waals surface area contributed by atoms with E-state index in [2.05, 4.69) is 49.5 Å². The molecule has 1 aliphatic rings. The van der Waals surface area contributed by atoms with E-state index in [4.69, 9.17) is 10.1 Å². The number of carbonyl (C=O) groups is 1. The Kier molecular flexibility index (Phi) is 5.41. The Balaban J connectivity index is 1.69. The van der Waals surface area contributed by atoms with E-state index in [9.17, 15) is 4.79 Å². The van der Waals surface area contributed by atoms with Crippen molar-refractivity contribution in [1.82, 2.24) is 29.6 Å². The van der Waals surface area contributed by atoms with Crippen molar-refractivity contribution in [2.24, 2.45) is 0 Å². The minimum atomic E-state index is -0.225. The number of piperazine rings is 1. The summed E-state index contributed by atoms with van der Waals surface area (Å²) in [5, 5.41) is 5.62. The molecule has 31 heavy (non-hydrogen) atoms. The van der Waals surface area contributed by atoms with Crippen LogP contribution in [0.25, 0.3) is 11.0 Å². The molecule has 0 bridgehead atoms. The monoisotopic (exact) mass is 421 g/mol. The van der Waals surface area contributed by atoms with Crippen molar-refractivity contribution in [3.8, 4) is 0 Å². The van der Waals surface area contributed by atoms with E-state index >= 15 is 0 Å². The Labute approximate surface area is 183 Å². The Morgan fingerprint density at radius 1 is 1.06 bits per heavy atom. The molecular formula is C23H31N7O. The molecule has 8 nitrogen and oxygen atoms in total. The van der Waals surface area contributed by atoms with Crippen LogP contribution in [0.15, 0.2) is 24.5 Å². The SMILES string of the molecule is Cc1nn(C(C)(C)C)c2nc(C(C)C)cc(C(=O)N3CCN(c4ncccn4)CC3)c12. The number of fused-ring (bicyclic) bond motifs is 1. The van der Waals surface area contributed by atoms with Gasteiger partial charge >= 0.3 is 0 Å². The van der Waals surface area contributed by atoms with Gasteiger partial charge in [-0.15, -0.1) is 0 Å². The highest BCUT2D eigenvalue weighted by Gasteiger charge is 2.29. The Morgan fingerprint density at radius 2 is 1.71 bits per heavy atom. The molecule has 0 aromatic carbocycles. The van der Waals surface area contributed by atoms with Gasteiger partial charge in [-0.25, -0.2) is 19.6 Å². The fourth-order valence-corrected chi connectivity index (χ4v) is 3.97. The molecule has 0 spiro atoms. The molecule has 0 aliphatic carbocycles. The van der Waals surface area contributed by atoms with Gasteiger partial charge in [0.1, 0.15) is 0 Å². The van der Waals surface area contributed by atoms with E-state index in [0.29, 0.717) is 37.7 Å². The van der Waals surface area contributed by atoms with Crippen molar-refractivity contribution in [3.63, 3.8) is 0 Å². The van der Waals surface area contributed by atoms with Crippen LogP contribution in [0.5, 0.6) is 0 Å². The molecule has 0 radical (unpaired) electrons. The number of aromatic nitrogens is 5. The first-order chi connectivity index (χ1) is 14.7. The summed E-state index contributed by atoms with van der Waals surface area (Å²) in [6.07, 6.45) is 3.49. The van der Waals surface area contributed by atoms with Crippen molar-refractivity contribution >= 4 is 22.9 Å². The van der Waals surface area contributed by atoms with Crippen LogP contribution in [-0.4, -0.2) is 61.7 Å². The summed E-state index contributed by atoms with van der Waals surface area (Å²) in [6.45, 7) is 15.2. The van der Waals surface area contributed by atoms with Crippen LogP contribution in [0.4, 0.5) is 5.95 Å². The summed E-state index contributed by atoms with van der Waals surface area (Å²) in [5.74, 6) is 0.969. The van der Waals surface area contributed by atoms with Gasteiger partial charge in [0.2, 0.25) is 5.95 Å². The zero-order chi connectivity index (χ0) is 22.3. The van der Waals surface area contributed by atoms with E-state index in [1.165, 1.54) is 0 Å². The average Bonchev–Trinajstić information content (AvgIpc) is 3.10. The lowest BCUT2D eigenvalue weighted by Gasteiger charge is -2.34. The number of nitrogens with zero attached hydrogens (tertiary/aromatic N) is 7. The molecule has 3 aromatic rings. The first-order valence-corrected chi connectivity index (χ1v) is 10.9. The van der Waals surface area contributed by atoms with Crippen LogP contribution in [0.3, 0.4) is 0 Å². The fourth-order valence-electron chi connectivity index (χ4n) is 3.97. The number of rotatable bonds is 3. The van der Waals surface area contributed by atoms with Crippen molar-refractivity contribution in [1.29, 1.82) is 0 Å². The number of pyridine rings is 1. The number of aryl methyl sites for hydroxylation is 1. The molecule has 164 valence electrons. The predicted octanol–water partition coefficient (Wildman–Crippen LogP) is 3.37. The highest BCUT2D eigenvalue weighted by Crippen LogP contribution is 2.30. The maximum atomic E-state index is 13.7. The van der Waals surface area contributed by atoms with Gasteiger partial charge in [0.15, 0.2) is 5.65 Å². The quantitative estimate of drug-likeness (QED) is 0.645. The normalized spacial score (nSPS) is 15.2. The molecule has 3 aromatic heterocycles. The summed E-state index contributed by atoms with van der Waals surface area (Å²) < 4.78 is 1.95. The zero-order valence-electron chi connectivity index (χ0n) is 19.3. The van der Waals surface area contributed by atoms with Gasteiger partial charge in [0, 0.05) is 44.3 Å². The van der Waals surface area contributed by atoms with Crippen LogP contribution in [-0.2, 0) is 5.54 Å². The summed E-state index contributed by atoms with van der Waals surface area (Å²) in [6, 6.07) is 3.77. The lowest BCUT2D eigenvalue weighted by Crippen LogP contribution is -2.49. The highest BCUT2D eigenvalue weighted by atomic mass is 16.2. The van der Waals surface area contributed by atoms with Crippen LogP contribution < -0.4 is 4.90 Å². The van der Waals surface area contributed by atoms with E-state index in [0.717, 1.165) is 22.4 Å². The van der Waals surface area contributed by atoms with Crippen molar-refractivity contribution in [2.75, 3.05) is 31.1 Å². The number of hydrogen-bond acceptors (Lipinski definition) is 6. The second kappa shape index (κ2) is 7.90. The topological polar surface area (TPSA) is 80.0 Å². The zero-order valence-corrected chi connectivity index (χ0v) is 19.3. The maximum Gasteiger partial charge on any atom is 0.254 e. The highest BCUT2D eigenvalue weighted by molar-refractivity contribution is 6.06. The summed E-state index contributed by atoms with van der Waals surface area (Å²) in [5.41, 5.74) is 3.02. The average molecular weight is 422 g/mol. The molecule has 8 heteroatoms. The second-order valence-corrected chi connectivity index (χ2v) is 9.44. The molecule has 4 rings (SSSR count). The van der Waals surface area contributed by atoms with E-state index in [1.807, 2.05) is 28.6 Å². The molecular weight excluding hydrogens is 390 g/mol. The minimum Gasteiger partial charge on any atom is -0.337 e. The van der Waals surface area contributed by atoms with Crippen LogP contribution in [0, 0.1) is 6.92 Å². The Morgan fingerprint density at radius 3 is 2.29 bits per heavy atom. The second-order valence-electron chi connectivity index (χ2n) is 9.44. The summed E-state index contributed by atoms with van der Waals surface area (Å²) in [4.78, 5) is 31.3. The van der Waals surface area contributed by atoms with Gasteiger partial charge in [-0.1, -0.05) is 13.8 Å². The van der Waals surface area contributed by atoms with E-state index < -0.39 is 0 Å². The van der Waals surface area contributed by atoms with Crippen LogP contribution in [0.1, 0.15) is 62.3 Å². The molecule has 1 aliphatic heterocycles. The summed E-state index contributed by atoms with van der Waals surface area (Å²) >= 11 is 0. The molecule has 0 atom stereocenters. The van der Waals surface area contributed by atoms with Gasteiger partial charge in [-0.3, -0.25) is 4.79 Å². The predicted molar refractivity (Wildman–Crippen MR) is 121 cm³/mol. The third-order valence-corrected chi connectivity index (χ3v) is 5.69. The Hall–Kier alpha value is -3.03.